The molecule has 0 saturated carbocycles. The lowest BCUT2D eigenvalue weighted by Crippen LogP contribution is -2.50. The topological polar surface area (TPSA) is 121 Å². The van der Waals surface area contributed by atoms with Crippen molar-refractivity contribution in [3.63, 3.8) is 0 Å². The molecule has 1 saturated heterocycles. The molecule has 39 heavy (non-hydrogen) atoms. The first-order chi connectivity index (χ1) is 18.7. The lowest BCUT2D eigenvalue weighted by atomic mass is 10.1. The predicted molar refractivity (Wildman–Crippen MR) is 157 cm³/mol. The van der Waals surface area contributed by atoms with Gasteiger partial charge in [0.2, 0.25) is 5.95 Å². The summed E-state index contributed by atoms with van der Waals surface area (Å²) >= 11 is 2.44. The number of nitrogens with one attached hydrogen (secondary N) is 2. The largest absolute Gasteiger partial charge is 0.493 e. The number of aromatic nitrogens is 5. The van der Waals surface area contributed by atoms with Gasteiger partial charge in [0.25, 0.3) is 0 Å². The van der Waals surface area contributed by atoms with Crippen LogP contribution in [0.25, 0.3) is 22.3 Å². The number of pyridine rings is 1. The number of nitrogens with zero attached hydrogens (tertiary/aromatic N) is 6. The van der Waals surface area contributed by atoms with E-state index >= 15 is 0 Å². The number of amides is 1. The van der Waals surface area contributed by atoms with Crippen molar-refractivity contribution in [3.8, 4) is 17.0 Å². The van der Waals surface area contributed by atoms with Crippen molar-refractivity contribution in [3.05, 3.63) is 54.6 Å². The third-order valence-corrected chi connectivity index (χ3v) is 7.75. The van der Waals surface area contributed by atoms with Gasteiger partial charge in [-0.3, -0.25) is 4.90 Å². The summed E-state index contributed by atoms with van der Waals surface area (Å²) in [5.74, 6) is 1.89. The van der Waals surface area contributed by atoms with Gasteiger partial charge in [-0.2, -0.15) is 0 Å². The van der Waals surface area contributed by atoms with Crippen LogP contribution in [-0.4, -0.2) is 79.7 Å². The van der Waals surface area contributed by atoms with E-state index in [9.17, 15) is 4.79 Å². The minimum absolute atomic E-state index is 0.132. The minimum atomic E-state index is -0.493. The summed E-state index contributed by atoms with van der Waals surface area (Å²) in [6.45, 7) is 8.45. The number of H-pyrrole nitrogens is 1. The van der Waals surface area contributed by atoms with Gasteiger partial charge >= 0.3 is 6.09 Å². The van der Waals surface area contributed by atoms with E-state index < -0.39 is 5.60 Å². The highest BCUT2D eigenvalue weighted by atomic mass is 127. The third kappa shape index (κ3) is 6.38. The number of halogens is 1. The minimum Gasteiger partial charge on any atom is -0.493 e. The second kappa shape index (κ2) is 11.3. The van der Waals surface area contributed by atoms with Crippen LogP contribution in [0.5, 0.6) is 5.75 Å². The number of rotatable bonds is 6. The van der Waals surface area contributed by atoms with Crippen molar-refractivity contribution in [1.82, 2.24) is 34.7 Å². The maximum Gasteiger partial charge on any atom is 0.410 e. The van der Waals surface area contributed by atoms with Gasteiger partial charge in [-0.1, -0.05) is 28.7 Å². The number of aromatic amines is 1. The second-order valence-electron chi connectivity index (χ2n) is 10.2. The highest BCUT2D eigenvalue weighted by molar-refractivity contribution is 14.1. The summed E-state index contributed by atoms with van der Waals surface area (Å²) in [4.78, 5) is 37.4. The van der Waals surface area contributed by atoms with E-state index in [0.29, 0.717) is 36.3 Å². The number of carbonyl (C=O) groups excluding carboxylic acids is 1. The molecule has 1 amide bonds. The first-order valence-electron chi connectivity index (χ1n) is 12.6. The zero-order chi connectivity index (χ0) is 27.6. The fourth-order valence-corrected chi connectivity index (χ4v) is 5.30. The smallest absolute Gasteiger partial charge is 0.410 e. The molecule has 4 heterocycles. The number of alkyl halides is 1. The average Bonchev–Trinajstić information content (AvgIpc) is 3.33. The summed E-state index contributed by atoms with van der Waals surface area (Å²) < 4.78 is 11.1. The molecule has 1 aromatic carbocycles. The van der Waals surface area contributed by atoms with E-state index in [2.05, 4.69) is 57.7 Å². The Balaban J connectivity index is 1.25. The molecule has 1 aliphatic heterocycles. The number of ether oxygens (including phenoxy) is 2. The average molecular weight is 643 g/mol. The van der Waals surface area contributed by atoms with E-state index in [4.69, 9.17) is 9.47 Å². The van der Waals surface area contributed by atoms with E-state index in [1.54, 1.807) is 24.4 Å². The Morgan fingerprint density at radius 2 is 1.92 bits per heavy atom. The van der Waals surface area contributed by atoms with Crippen LogP contribution in [0.1, 0.15) is 30.4 Å². The molecule has 1 unspecified atom stereocenters. The molecule has 12 heteroatoms. The van der Waals surface area contributed by atoms with Crippen LogP contribution in [0.15, 0.2) is 49.1 Å². The predicted octanol–water partition coefficient (Wildman–Crippen LogP) is 5.15. The lowest BCUT2D eigenvalue weighted by molar-refractivity contribution is 0.0140. The van der Waals surface area contributed by atoms with Crippen molar-refractivity contribution in [1.29, 1.82) is 0 Å². The summed E-state index contributed by atoms with van der Waals surface area (Å²) in [7, 11) is 1.60. The molecule has 11 nitrogen and oxygen atoms in total. The number of benzene rings is 1. The molecule has 204 valence electrons. The highest BCUT2D eigenvalue weighted by Crippen LogP contribution is 2.32. The lowest BCUT2D eigenvalue weighted by Gasteiger charge is -2.37. The van der Waals surface area contributed by atoms with Crippen molar-refractivity contribution >= 4 is 51.5 Å². The number of piperazine rings is 1. The van der Waals surface area contributed by atoms with Crippen LogP contribution in [-0.2, 0) is 4.74 Å². The van der Waals surface area contributed by atoms with Gasteiger partial charge in [0.1, 0.15) is 23.4 Å². The number of anilines is 2. The summed E-state index contributed by atoms with van der Waals surface area (Å²) in [5.41, 5.74) is 3.92. The van der Waals surface area contributed by atoms with E-state index in [1.807, 2.05) is 51.1 Å². The molecule has 0 spiro atoms. The van der Waals surface area contributed by atoms with Crippen molar-refractivity contribution < 1.29 is 14.3 Å². The highest BCUT2D eigenvalue weighted by Gasteiger charge is 2.28. The van der Waals surface area contributed by atoms with Crippen molar-refractivity contribution in [2.45, 2.75) is 30.4 Å². The van der Waals surface area contributed by atoms with Gasteiger partial charge in [0, 0.05) is 37.9 Å². The monoisotopic (exact) mass is 642 g/mol. The van der Waals surface area contributed by atoms with Crippen LogP contribution >= 0.6 is 22.6 Å². The molecular formula is C27H31IN8O3. The molecule has 4 aromatic rings. The first-order valence-corrected chi connectivity index (χ1v) is 13.9. The van der Waals surface area contributed by atoms with Crippen molar-refractivity contribution in [2.24, 2.45) is 0 Å². The molecule has 5 rings (SSSR count). The molecule has 0 aliphatic carbocycles. The van der Waals surface area contributed by atoms with Crippen LogP contribution in [0.2, 0.25) is 0 Å². The molecule has 0 bridgehead atoms. The zero-order valence-corrected chi connectivity index (χ0v) is 24.5. The van der Waals surface area contributed by atoms with E-state index in [1.165, 1.54) is 6.33 Å². The number of methoxy groups -OCH3 is 1. The maximum atomic E-state index is 12.4. The zero-order valence-electron chi connectivity index (χ0n) is 22.3. The molecular weight excluding hydrogens is 611 g/mol. The van der Waals surface area contributed by atoms with Gasteiger partial charge < -0.3 is 24.7 Å². The van der Waals surface area contributed by atoms with Gasteiger partial charge in [-0.05, 0) is 50.6 Å². The second-order valence-corrected chi connectivity index (χ2v) is 11.4. The normalized spacial score (nSPS) is 15.3. The van der Waals surface area contributed by atoms with Gasteiger partial charge in [-0.15, -0.1) is 0 Å². The number of hydrogen-bond acceptors (Lipinski definition) is 9. The number of hydrogen-bond donors (Lipinski definition) is 2. The number of imidazole rings is 1. The fourth-order valence-electron chi connectivity index (χ4n) is 4.35. The molecule has 3 aromatic heterocycles. The Kier molecular flexibility index (Phi) is 7.84. The van der Waals surface area contributed by atoms with Crippen molar-refractivity contribution in [2.75, 3.05) is 38.6 Å². The SMILES string of the molecule is COc1cncnc1-c1ccc2nc(Nc3cc(C(I)N4CCN(C(=O)OC(C)(C)C)CC4)ccn3)[nH]c2c1. The molecule has 2 N–H and O–H groups in total. The van der Waals surface area contributed by atoms with Crippen LogP contribution in [0.4, 0.5) is 16.6 Å². The Morgan fingerprint density at radius 3 is 2.67 bits per heavy atom. The third-order valence-electron chi connectivity index (χ3n) is 6.25. The summed E-state index contributed by atoms with van der Waals surface area (Å²) in [6, 6.07) is 9.93. The Labute approximate surface area is 240 Å². The van der Waals surface area contributed by atoms with E-state index in [0.717, 1.165) is 35.2 Å². The number of carbonyl (C=O) groups is 1. The summed E-state index contributed by atoms with van der Waals surface area (Å²) in [5, 5.41) is 3.30. The van der Waals surface area contributed by atoms with Crippen LogP contribution in [0, 0.1) is 0 Å². The Hall–Kier alpha value is -3.52. The fraction of sp³-hybridized carbons (Fsp3) is 0.370. The van der Waals surface area contributed by atoms with Gasteiger partial charge in [0.05, 0.1) is 28.4 Å². The van der Waals surface area contributed by atoms with E-state index in [-0.39, 0.29) is 10.1 Å². The maximum absolute atomic E-state index is 12.4. The quantitative estimate of drug-likeness (QED) is 0.167. The first kappa shape index (κ1) is 27.1. The van der Waals surface area contributed by atoms with Gasteiger partial charge in [-0.25, -0.2) is 24.7 Å². The molecule has 1 aliphatic rings. The molecule has 1 atom stereocenters. The summed E-state index contributed by atoms with van der Waals surface area (Å²) in [6.07, 6.45) is 4.69. The van der Waals surface area contributed by atoms with Gasteiger partial charge in [0.15, 0.2) is 5.75 Å². The Bertz CT molecular complexity index is 1460. The molecule has 0 radical (unpaired) electrons. The number of fused-ring (bicyclic) bond motifs is 1. The van der Waals surface area contributed by atoms with Crippen LogP contribution < -0.4 is 10.1 Å². The molecule has 1 fully saturated rings. The standard InChI is InChI=1S/C27H31IN8O3/c1-27(2,3)39-26(37)36-11-9-35(10-12-36)24(28)18-7-8-30-22(14-18)34-25-32-19-6-5-17(13-20(19)33-25)23-21(38-4)15-29-16-31-23/h5-8,13-16,24H,9-12H2,1-4H3,(H2,30,32,33,34). The Morgan fingerprint density at radius 1 is 1.13 bits per heavy atom. The van der Waals surface area contributed by atoms with Crippen LogP contribution in [0.3, 0.4) is 0 Å².